The van der Waals surface area contributed by atoms with Crippen LogP contribution in [0.25, 0.3) is 0 Å². The van der Waals surface area contributed by atoms with Crippen LogP contribution >= 0.6 is 0 Å². The lowest BCUT2D eigenvalue weighted by molar-refractivity contribution is -0.137. The summed E-state index contributed by atoms with van der Waals surface area (Å²) in [5.74, 6) is 0.221. The van der Waals surface area contributed by atoms with Crippen molar-refractivity contribution in [2.75, 3.05) is 13.1 Å². The zero-order valence-electron chi connectivity index (χ0n) is 12.1. The second-order valence-electron chi connectivity index (χ2n) is 6.63. The average molecular weight is 273 g/mol. The van der Waals surface area contributed by atoms with Crippen LogP contribution in [0.1, 0.15) is 44.6 Å². The highest BCUT2D eigenvalue weighted by atomic mass is 16.3. The van der Waals surface area contributed by atoms with Gasteiger partial charge in [0, 0.05) is 13.1 Å². The molecule has 2 fully saturated rings. The number of β-amino-alcohol motifs (C(OH)–C–C–N with tert-alkyl or cyclic N) is 1. The van der Waals surface area contributed by atoms with Crippen LogP contribution < -0.4 is 0 Å². The second-order valence-corrected chi connectivity index (χ2v) is 6.63. The molecule has 1 aliphatic carbocycles. The van der Waals surface area contributed by atoms with Crippen LogP contribution in [0.2, 0.25) is 0 Å². The first kappa shape index (κ1) is 13.6. The number of carbonyl (C=O) groups excluding carboxylic acids is 1. The van der Waals surface area contributed by atoms with Gasteiger partial charge in [-0.15, -0.1) is 0 Å². The standard InChI is InChI=1S/C17H23NO2/c1-16(20)11-12-18(13-16)15(19)17(9-5-6-10-17)14-7-3-2-4-8-14/h2-4,7-8,20H,5-6,9-13H2,1H3. The first-order chi connectivity index (χ1) is 9.54. The van der Waals surface area contributed by atoms with Crippen LogP contribution in [0.5, 0.6) is 0 Å². The maximum atomic E-state index is 13.1. The van der Waals surface area contributed by atoms with E-state index in [2.05, 4.69) is 12.1 Å². The van der Waals surface area contributed by atoms with Crippen molar-refractivity contribution >= 4 is 5.91 Å². The molecule has 3 heteroatoms. The van der Waals surface area contributed by atoms with E-state index in [4.69, 9.17) is 0 Å². The molecule has 1 saturated carbocycles. The summed E-state index contributed by atoms with van der Waals surface area (Å²) in [5, 5.41) is 10.1. The molecule has 2 aliphatic rings. The molecule has 1 aromatic carbocycles. The van der Waals surface area contributed by atoms with Crippen molar-refractivity contribution in [1.82, 2.24) is 4.90 Å². The van der Waals surface area contributed by atoms with E-state index in [1.165, 1.54) is 0 Å². The maximum Gasteiger partial charge on any atom is 0.233 e. The molecule has 1 heterocycles. The molecule has 3 nitrogen and oxygen atoms in total. The van der Waals surface area contributed by atoms with E-state index in [1.54, 1.807) is 0 Å². The molecule has 3 rings (SSSR count). The number of benzene rings is 1. The lowest BCUT2D eigenvalue weighted by atomic mass is 9.77. The summed E-state index contributed by atoms with van der Waals surface area (Å²) in [6, 6.07) is 10.2. The summed E-state index contributed by atoms with van der Waals surface area (Å²) in [6.07, 6.45) is 4.79. The van der Waals surface area contributed by atoms with Gasteiger partial charge in [-0.05, 0) is 31.7 Å². The molecule has 1 saturated heterocycles. The zero-order valence-corrected chi connectivity index (χ0v) is 12.1. The third-order valence-electron chi connectivity index (χ3n) is 4.93. The summed E-state index contributed by atoms with van der Waals surface area (Å²) < 4.78 is 0. The normalized spacial score (nSPS) is 28.8. The van der Waals surface area contributed by atoms with Crippen molar-refractivity contribution in [1.29, 1.82) is 0 Å². The van der Waals surface area contributed by atoms with Gasteiger partial charge in [0.15, 0.2) is 0 Å². The highest BCUT2D eigenvalue weighted by molar-refractivity contribution is 5.89. The van der Waals surface area contributed by atoms with Crippen molar-refractivity contribution in [3.05, 3.63) is 35.9 Å². The van der Waals surface area contributed by atoms with Crippen LogP contribution in [0, 0.1) is 0 Å². The summed E-state index contributed by atoms with van der Waals surface area (Å²) in [4.78, 5) is 14.9. The quantitative estimate of drug-likeness (QED) is 0.899. The Morgan fingerprint density at radius 1 is 1.15 bits per heavy atom. The molecule has 1 atom stereocenters. The Morgan fingerprint density at radius 3 is 2.35 bits per heavy atom. The predicted octanol–water partition coefficient (Wildman–Crippen LogP) is 2.48. The number of carbonyl (C=O) groups is 1. The molecule has 1 aromatic rings. The second kappa shape index (κ2) is 4.88. The lowest BCUT2D eigenvalue weighted by Crippen LogP contribution is -2.45. The monoisotopic (exact) mass is 273 g/mol. The van der Waals surface area contributed by atoms with Gasteiger partial charge in [0.1, 0.15) is 0 Å². The minimum Gasteiger partial charge on any atom is -0.388 e. The highest BCUT2D eigenvalue weighted by Crippen LogP contribution is 2.43. The molecule has 0 aromatic heterocycles. The van der Waals surface area contributed by atoms with Crippen molar-refractivity contribution in [2.45, 2.75) is 50.0 Å². The molecule has 1 amide bonds. The smallest absolute Gasteiger partial charge is 0.233 e. The van der Waals surface area contributed by atoms with Crippen LogP contribution in [-0.2, 0) is 10.2 Å². The average Bonchev–Trinajstić information content (AvgIpc) is 3.06. The van der Waals surface area contributed by atoms with E-state index in [0.29, 0.717) is 19.5 Å². The molecular formula is C17H23NO2. The van der Waals surface area contributed by atoms with Crippen molar-refractivity contribution in [2.24, 2.45) is 0 Å². The fourth-order valence-electron chi connectivity index (χ4n) is 3.78. The maximum absolute atomic E-state index is 13.1. The molecular weight excluding hydrogens is 250 g/mol. The Balaban J connectivity index is 1.90. The molecule has 1 N–H and O–H groups in total. The summed E-state index contributed by atoms with van der Waals surface area (Å²) in [6.45, 7) is 2.98. The number of hydrogen-bond acceptors (Lipinski definition) is 2. The van der Waals surface area contributed by atoms with Crippen molar-refractivity contribution < 1.29 is 9.90 Å². The van der Waals surface area contributed by atoms with Crippen LogP contribution in [-0.4, -0.2) is 34.6 Å². The van der Waals surface area contributed by atoms with E-state index < -0.39 is 5.60 Å². The van der Waals surface area contributed by atoms with Gasteiger partial charge in [-0.2, -0.15) is 0 Å². The number of aliphatic hydroxyl groups is 1. The predicted molar refractivity (Wildman–Crippen MR) is 78.4 cm³/mol. The Labute approximate surface area is 120 Å². The van der Waals surface area contributed by atoms with Crippen molar-refractivity contribution in [3.8, 4) is 0 Å². The van der Waals surface area contributed by atoms with E-state index >= 15 is 0 Å². The zero-order chi connectivity index (χ0) is 14.2. The van der Waals surface area contributed by atoms with E-state index in [-0.39, 0.29) is 11.3 Å². The van der Waals surface area contributed by atoms with Gasteiger partial charge in [-0.25, -0.2) is 0 Å². The van der Waals surface area contributed by atoms with Gasteiger partial charge in [-0.3, -0.25) is 4.79 Å². The number of rotatable bonds is 2. The molecule has 0 bridgehead atoms. The number of amides is 1. The third-order valence-corrected chi connectivity index (χ3v) is 4.93. The van der Waals surface area contributed by atoms with E-state index in [1.807, 2.05) is 30.0 Å². The Morgan fingerprint density at radius 2 is 1.80 bits per heavy atom. The van der Waals surface area contributed by atoms with E-state index in [9.17, 15) is 9.90 Å². The first-order valence-corrected chi connectivity index (χ1v) is 7.61. The van der Waals surface area contributed by atoms with Gasteiger partial charge in [0.05, 0.1) is 11.0 Å². The fraction of sp³-hybridized carbons (Fsp3) is 0.588. The van der Waals surface area contributed by atoms with Gasteiger partial charge < -0.3 is 10.0 Å². The number of likely N-dealkylation sites (tertiary alicyclic amines) is 1. The molecule has 20 heavy (non-hydrogen) atoms. The third kappa shape index (κ3) is 2.24. The first-order valence-electron chi connectivity index (χ1n) is 7.61. The molecule has 0 spiro atoms. The van der Waals surface area contributed by atoms with Crippen molar-refractivity contribution in [3.63, 3.8) is 0 Å². The van der Waals surface area contributed by atoms with Gasteiger partial charge in [-0.1, -0.05) is 43.2 Å². The van der Waals surface area contributed by atoms with Gasteiger partial charge in [0.2, 0.25) is 5.91 Å². The number of nitrogens with zero attached hydrogens (tertiary/aromatic N) is 1. The topological polar surface area (TPSA) is 40.5 Å². The summed E-state index contributed by atoms with van der Waals surface area (Å²) >= 11 is 0. The molecule has 1 unspecified atom stereocenters. The van der Waals surface area contributed by atoms with Crippen LogP contribution in [0.3, 0.4) is 0 Å². The Hall–Kier alpha value is -1.35. The summed E-state index contributed by atoms with van der Waals surface area (Å²) in [7, 11) is 0. The van der Waals surface area contributed by atoms with Crippen LogP contribution in [0.15, 0.2) is 30.3 Å². The largest absolute Gasteiger partial charge is 0.388 e. The van der Waals surface area contributed by atoms with Gasteiger partial charge >= 0.3 is 0 Å². The Kier molecular flexibility index (Phi) is 3.33. The molecule has 0 radical (unpaired) electrons. The summed E-state index contributed by atoms with van der Waals surface area (Å²) in [5.41, 5.74) is 0.0856. The lowest BCUT2D eigenvalue weighted by Gasteiger charge is -2.33. The minimum atomic E-state index is -0.716. The number of hydrogen-bond donors (Lipinski definition) is 1. The SMILES string of the molecule is CC1(O)CCN(C(=O)C2(c3ccccc3)CCCC2)C1. The highest BCUT2D eigenvalue weighted by Gasteiger charge is 2.47. The van der Waals surface area contributed by atoms with E-state index in [0.717, 1.165) is 31.2 Å². The fourth-order valence-corrected chi connectivity index (χ4v) is 3.78. The molecule has 1 aliphatic heterocycles. The minimum absolute atomic E-state index is 0.221. The molecule has 108 valence electrons. The van der Waals surface area contributed by atoms with Crippen LogP contribution in [0.4, 0.5) is 0 Å². The van der Waals surface area contributed by atoms with Gasteiger partial charge in [0.25, 0.3) is 0 Å². The Bertz CT molecular complexity index is 489.